The predicted molar refractivity (Wildman–Crippen MR) is 83.2 cm³/mol. The summed E-state index contributed by atoms with van der Waals surface area (Å²) in [6, 6.07) is 7.52. The summed E-state index contributed by atoms with van der Waals surface area (Å²) in [6.45, 7) is 1.41. The van der Waals surface area contributed by atoms with E-state index in [1.807, 2.05) is 28.8 Å². The Labute approximate surface area is 126 Å². The largest absolute Gasteiger partial charge is 0.465 e. The minimum Gasteiger partial charge on any atom is -0.465 e. The fourth-order valence-corrected chi connectivity index (χ4v) is 2.52. The van der Waals surface area contributed by atoms with Crippen LogP contribution in [-0.2, 0) is 11.3 Å². The number of anilines is 1. The number of fused-ring (bicyclic) bond motifs is 2. The molecule has 0 unspecified atom stereocenters. The van der Waals surface area contributed by atoms with Gasteiger partial charge >= 0.3 is 5.97 Å². The number of nitrogens with zero attached hydrogens (tertiary/aromatic N) is 3. The molecule has 0 fully saturated rings. The van der Waals surface area contributed by atoms with Crippen molar-refractivity contribution in [1.29, 1.82) is 0 Å². The number of methoxy groups -OCH3 is 1. The molecule has 2 aromatic heterocycles. The van der Waals surface area contributed by atoms with Gasteiger partial charge in [0.25, 0.3) is 0 Å². The van der Waals surface area contributed by atoms with Crippen LogP contribution in [0.1, 0.15) is 16.8 Å². The first-order valence-corrected chi connectivity index (χ1v) is 7.09. The topological polar surface area (TPSA) is 111 Å². The number of ether oxygens (including phenoxy) is 1. The summed E-state index contributed by atoms with van der Waals surface area (Å²) in [7, 11) is 1.33. The van der Waals surface area contributed by atoms with Gasteiger partial charge in [0.15, 0.2) is 5.65 Å². The Morgan fingerprint density at radius 1 is 1.32 bits per heavy atom. The van der Waals surface area contributed by atoms with Gasteiger partial charge in [0.1, 0.15) is 16.9 Å². The number of quaternary nitrogens is 1. The summed E-state index contributed by atoms with van der Waals surface area (Å²) in [5, 5.41) is 0. The first kappa shape index (κ1) is 14.3. The number of rotatable bonds is 4. The number of carbonyl (C=O) groups excluding carboxylic acids is 1. The van der Waals surface area contributed by atoms with Crippen molar-refractivity contribution in [2.75, 3.05) is 19.4 Å². The minimum absolute atomic E-state index is 0.278. The van der Waals surface area contributed by atoms with Crippen LogP contribution in [0, 0.1) is 0 Å². The van der Waals surface area contributed by atoms with E-state index in [2.05, 4.69) is 15.7 Å². The Morgan fingerprint density at radius 3 is 2.64 bits per heavy atom. The van der Waals surface area contributed by atoms with Crippen LogP contribution in [0.2, 0.25) is 0 Å². The average molecular weight is 300 g/mol. The summed E-state index contributed by atoms with van der Waals surface area (Å²) in [5.41, 5.74) is 12.8. The molecule has 1 aromatic carbocycles. The lowest BCUT2D eigenvalue weighted by molar-refractivity contribution is -0.368. The van der Waals surface area contributed by atoms with E-state index in [4.69, 9.17) is 10.5 Å². The second-order valence-electron chi connectivity index (χ2n) is 5.00. The van der Waals surface area contributed by atoms with E-state index in [9.17, 15) is 4.79 Å². The Kier molecular flexibility index (Phi) is 3.64. The van der Waals surface area contributed by atoms with E-state index in [1.165, 1.54) is 7.11 Å². The molecular weight excluding hydrogens is 282 g/mol. The number of nitrogens with two attached hydrogens (primary N) is 1. The van der Waals surface area contributed by atoms with Gasteiger partial charge in [0, 0.05) is 13.0 Å². The number of aromatic nitrogens is 3. The Morgan fingerprint density at radius 2 is 2.00 bits per heavy atom. The summed E-state index contributed by atoms with van der Waals surface area (Å²) in [5.74, 6) is -0.161. The van der Waals surface area contributed by atoms with E-state index in [-0.39, 0.29) is 5.56 Å². The summed E-state index contributed by atoms with van der Waals surface area (Å²) in [6.07, 6.45) is 0.836. The van der Waals surface area contributed by atoms with E-state index >= 15 is 0 Å². The first-order valence-electron chi connectivity index (χ1n) is 7.09. The molecule has 0 aliphatic rings. The molecule has 0 spiro atoms. The highest BCUT2D eigenvalue weighted by atomic mass is 16.5. The first-order chi connectivity index (χ1) is 10.7. The van der Waals surface area contributed by atoms with Gasteiger partial charge in [-0.25, -0.2) is 14.8 Å². The van der Waals surface area contributed by atoms with Crippen LogP contribution in [0.15, 0.2) is 24.3 Å². The summed E-state index contributed by atoms with van der Waals surface area (Å²) >= 11 is 0. The standard InChI is InChI=1S/C15H17N5O2/c1-22-15(21)11-12-14(20(13(11)17)8-4-7-16)19-10-6-3-2-5-9(10)18-12/h2-3,5-6H,4,7-8,16-17H2,1H3/p+1. The highest BCUT2D eigenvalue weighted by molar-refractivity contribution is 6.08. The Hall–Kier alpha value is -2.67. The SMILES string of the molecule is COC(=O)c1c(N)n(CCC[NH3+])c2nc3ccccc3nc12. The van der Waals surface area contributed by atoms with Crippen molar-refractivity contribution in [3.8, 4) is 0 Å². The molecule has 5 N–H and O–H groups in total. The number of aryl methyl sites for hydroxylation is 1. The van der Waals surface area contributed by atoms with Crippen molar-refractivity contribution in [2.45, 2.75) is 13.0 Å². The molecule has 0 aliphatic heterocycles. The normalized spacial score (nSPS) is 11.2. The third kappa shape index (κ3) is 2.15. The lowest BCUT2D eigenvalue weighted by Gasteiger charge is -2.05. The lowest BCUT2D eigenvalue weighted by atomic mass is 10.2. The molecule has 7 heteroatoms. The van der Waals surface area contributed by atoms with Crippen molar-refractivity contribution in [1.82, 2.24) is 14.5 Å². The predicted octanol–water partition coefficient (Wildman–Crippen LogP) is 0.585. The molecule has 0 saturated heterocycles. The molecule has 22 heavy (non-hydrogen) atoms. The molecule has 0 saturated carbocycles. The third-order valence-electron chi connectivity index (χ3n) is 3.61. The summed E-state index contributed by atoms with van der Waals surface area (Å²) < 4.78 is 6.65. The maximum absolute atomic E-state index is 12.1. The lowest BCUT2D eigenvalue weighted by Crippen LogP contribution is -2.50. The van der Waals surface area contributed by atoms with E-state index in [0.717, 1.165) is 24.0 Å². The summed E-state index contributed by atoms with van der Waals surface area (Å²) in [4.78, 5) is 21.3. The average Bonchev–Trinajstić information content (AvgIpc) is 2.81. The van der Waals surface area contributed by atoms with Gasteiger partial charge in [0.05, 0.1) is 24.7 Å². The van der Waals surface area contributed by atoms with Crippen molar-refractivity contribution >= 4 is 34.0 Å². The number of hydrogen-bond donors (Lipinski definition) is 2. The highest BCUT2D eigenvalue weighted by Crippen LogP contribution is 2.28. The van der Waals surface area contributed by atoms with Crippen molar-refractivity contribution in [3.63, 3.8) is 0 Å². The van der Waals surface area contributed by atoms with Crippen LogP contribution in [-0.4, -0.2) is 34.2 Å². The number of hydrogen-bond acceptors (Lipinski definition) is 5. The van der Waals surface area contributed by atoms with Gasteiger partial charge < -0.3 is 20.8 Å². The molecule has 0 aliphatic carbocycles. The number of benzene rings is 1. The van der Waals surface area contributed by atoms with Crippen LogP contribution in [0.5, 0.6) is 0 Å². The van der Waals surface area contributed by atoms with E-state index in [1.54, 1.807) is 0 Å². The maximum atomic E-state index is 12.1. The molecule has 2 heterocycles. The van der Waals surface area contributed by atoms with Crippen LogP contribution in [0.4, 0.5) is 5.82 Å². The fourth-order valence-electron chi connectivity index (χ4n) is 2.52. The molecule has 0 bridgehead atoms. The van der Waals surface area contributed by atoms with Gasteiger partial charge in [-0.15, -0.1) is 0 Å². The number of carbonyl (C=O) groups is 1. The number of para-hydroxylation sites is 2. The second-order valence-corrected chi connectivity index (χ2v) is 5.00. The molecular formula is C15H18N5O2+. The number of nitrogen functional groups attached to an aromatic ring is 1. The number of esters is 1. The zero-order valence-corrected chi connectivity index (χ0v) is 12.4. The van der Waals surface area contributed by atoms with Gasteiger partial charge in [-0.3, -0.25) is 0 Å². The molecule has 3 aromatic rings. The molecule has 0 radical (unpaired) electrons. The zero-order valence-electron chi connectivity index (χ0n) is 12.4. The van der Waals surface area contributed by atoms with Gasteiger partial charge in [0.2, 0.25) is 0 Å². The maximum Gasteiger partial charge on any atom is 0.343 e. The smallest absolute Gasteiger partial charge is 0.343 e. The monoisotopic (exact) mass is 300 g/mol. The minimum atomic E-state index is -0.500. The van der Waals surface area contributed by atoms with Crippen molar-refractivity contribution in [2.24, 2.45) is 0 Å². The van der Waals surface area contributed by atoms with Gasteiger partial charge in [-0.2, -0.15) is 0 Å². The third-order valence-corrected chi connectivity index (χ3v) is 3.61. The van der Waals surface area contributed by atoms with Crippen LogP contribution in [0.3, 0.4) is 0 Å². The Bertz CT molecular complexity index is 856. The van der Waals surface area contributed by atoms with Crippen molar-refractivity contribution < 1.29 is 15.3 Å². The quantitative estimate of drug-likeness (QED) is 0.685. The van der Waals surface area contributed by atoms with Gasteiger partial charge in [-0.05, 0) is 12.1 Å². The highest BCUT2D eigenvalue weighted by Gasteiger charge is 2.24. The Balaban J connectivity index is 2.34. The van der Waals surface area contributed by atoms with Gasteiger partial charge in [-0.1, -0.05) is 12.1 Å². The van der Waals surface area contributed by atoms with E-state index in [0.29, 0.717) is 23.5 Å². The van der Waals surface area contributed by atoms with Crippen LogP contribution < -0.4 is 11.5 Å². The molecule has 0 amide bonds. The molecule has 114 valence electrons. The fraction of sp³-hybridized carbons (Fsp3) is 0.267. The zero-order chi connectivity index (χ0) is 15.7. The van der Waals surface area contributed by atoms with E-state index < -0.39 is 5.97 Å². The second kappa shape index (κ2) is 5.61. The van der Waals surface area contributed by atoms with Crippen molar-refractivity contribution in [3.05, 3.63) is 29.8 Å². The molecule has 3 rings (SSSR count). The van der Waals surface area contributed by atoms with Crippen LogP contribution in [0.25, 0.3) is 22.2 Å². The molecule has 0 atom stereocenters. The molecule has 7 nitrogen and oxygen atoms in total. The van der Waals surface area contributed by atoms with Crippen LogP contribution >= 0.6 is 0 Å².